The highest BCUT2D eigenvalue weighted by atomic mass is 32.2. The molecule has 3 heterocycles. The van der Waals surface area contributed by atoms with Gasteiger partial charge in [-0.2, -0.15) is 11.8 Å². The molecule has 6 heteroatoms. The third-order valence-corrected chi connectivity index (χ3v) is 5.38. The van der Waals surface area contributed by atoms with E-state index in [1.54, 1.807) is 6.20 Å². The summed E-state index contributed by atoms with van der Waals surface area (Å²) in [6.07, 6.45) is 2.77. The Morgan fingerprint density at radius 3 is 3.11 bits per heavy atom. The van der Waals surface area contributed by atoms with Crippen molar-refractivity contribution in [2.45, 2.75) is 6.42 Å². The largest absolute Gasteiger partial charge is 0.396 e. The van der Waals surface area contributed by atoms with Crippen LogP contribution in [0.15, 0.2) is 18.3 Å². The number of amides is 1. The molecule has 3 rings (SSSR count). The summed E-state index contributed by atoms with van der Waals surface area (Å²) in [6.45, 7) is 1.64. The number of hydrogen-bond donors (Lipinski definition) is 1. The van der Waals surface area contributed by atoms with Gasteiger partial charge in [0.05, 0.1) is 10.4 Å². The summed E-state index contributed by atoms with van der Waals surface area (Å²) in [6, 6.07) is 3.83. The van der Waals surface area contributed by atoms with Crippen LogP contribution in [0.2, 0.25) is 0 Å². The first kappa shape index (κ1) is 12.7. The lowest BCUT2D eigenvalue weighted by atomic mass is 10.3. The van der Waals surface area contributed by atoms with Gasteiger partial charge >= 0.3 is 0 Å². The molecule has 0 aromatic carbocycles. The van der Waals surface area contributed by atoms with E-state index in [9.17, 15) is 4.79 Å². The fourth-order valence-electron chi connectivity index (χ4n) is 2.20. The van der Waals surface area contributed by atoms with Gasteiger partial charge in [0, 0.05) is 25.0 Å². The second kappa shape index (κ2) is 5.38. The number of hydrogen-bond acceptors (Lipinski definition) is 5. The normalized spacial score (nSPS) is 16.5. The van der Waals surface area contributed by atoms with Crippen LogP contribution in [0.25, 0.3) is 10.2 Å². The maximum absolute atomic E-state index is 12.6. The summed E-state index contributed by atoms with van der Waals surface area (Å²) in [4.78, 5) is 19.4. The zero-order chi connectivity index (χ0) is 13.2. The van der Waals surface area contributed by atoms with Crippen molar-refractivity contribution in [1.29, 1.82) is 0 Å². The summed E-state index contributed by atoms with van der Waals surface area (Å²) in [7, 11) is 0. The zero-order valence-electron chi connectivity index (χ0n) is 10.5. The fourth-order valence-corrected chi connectivity index (χ4v) is 4.14. The molecule has 0 bridgehead atoms. The predicted octanol–water partition coefficient (Wildman–Crippen LogP) is 2.46. The summed E-state index contributed by atoms with van der Waals surface area (Å²) >= 11 is 3.35. The summed E-state index contributed by atoms with van der Waals surface area (Å²) in [5.41, 5.74) is 7.36. The smallest absolute Gasteiger partial charge is 0.266 e. The van der Waals surface area contributed by atoms with Gasteiger partial charge in [0.2, 0.25) is 0 Å². The van der Waals surface area contributed by atoms with Crippen LogP contribution < -0.4 is 5.73 Å². The van der Waals surface area contributed by atoms with Crippen LogP contribution in [0.3, 0.4) is 0 Å². The number of nitrogen functional groups attached to an aromatic ring is 1. The molecule has 0 spiro atoms. The average Bonchev–Trinajstić information content (AvgIpc) is 2.64. The predicted molar refractivity (Wildman–Crippen MR) is 81.9 cm³/mol. The van der Waals surface area contributed by atoms with Gasteiger partial charge in [-0.25, -0.2) is 0 Å². The Morgan fingerprint density at radius 2 is 2.26 bits per heavy atom. The third-order valence-electron chi connectivity index (χ3n) is 3.19. The van der Waals surface area contributed by atoms with Gasteiger partial charge in [0.25, 0.3) is 5.91 Å². The number of nitrogens with zero attached hydrogens (tertiary/aromatic N) is 2. The Labute approximate surface area is 120 Å². The minimum atomic E-state index is 0.0583. The van der Waals surface area contributed by atoms with E-state index in [-0.39, 0.29) is 5.91 Å². The quantitative estimate of drug-likeness (QED) is 0.877. The standard InChI is InChI=1S/C13H15N3OS2/c14-10-11-9(3-1-4-15-11)19-12(10)13(17)16-5-2-7-18-8-6-16/h1,3-4H,2,5-8,14H2. The number of carbonyl (C=O) groups excluding carboxylic acids is 1. The SMILES string of the molecule is Nc1c(C(=O)N2CCCSCC2)sc2cccnc12. The van der Waals surface area contributed by atoms with Crippen molar-refractivity contribution in [2.24, 2.45) is 0 Å². The first-order chi connectivity index (χ1) is 9.27. The van der Waals surface area contributed by atoms with Gasteiger partial charge in [-0.3, -0.25) is 9.78 Å². The van der Waals surface area contributed by atoms with Gasteiger partial charge in [-0.15, -0.1) is 11.3 Å². The highest BCUT2D eigenvalue weighted by Crippen LogP contribution is 2.33. The zero-order valence-corrected chi connectivity index (χ0v) is 12.1. The van der Waals surface area contributed by atoms with Gasteiger partial charge in [0.1, 0.15) is 10.4 Å². The van der Waals surface area contributed by atoms with Crippen molar-refractivity contribution in [3.8, 4) is 0 Å². The molecule has 2 N–H and O–H groups in total. The number of carbonyl (C=O) groups is 1. The Bertz CT molecular complexity index is 603. The summed E-state index contributed by atoms with van der Waals surface area (Å²) < 4.78 is 0.979. The second-order valence-electron chi connectivity index (χ2n) is 4.45. The minimum Gasteiger partial charge on any atom is -0.396 e. The lowest BCUT2D eigenvalue weighted by Gasteiger charge is -2.19. The molecule has 0 saturated carbocycles. The minimum absolute atomic E-state index is 0.0583. The van der Waals surface area contributed by atoms with Gasteiger partial charge < -0.3 is 10.6 Å². The Morgan fingerprint density at radius 1 is 1.37 bits per heavy atom. The molecular weight excluding hydrogens is 278 g/mol. The van der Waals surface area contributed by atoms with Crippen molar-refractivity contribution in [1.82, 2.24) is 9.88 Å². The molecule has 1 amide bonds. The molecule has 1 aliphatic heterocycles. The van der Waals surface area contributed by atoms with E-state index >= 15 is 0 Å². The first-order valence-electron chi connectivity index (χ1n) is 6.27. The summed E-state index contributed by atoms with van der Waals surface area (Å²) in [5.74, 6) is 2.20. The molecule has 2 aromatic rings. The fraction of sp³-hybridized carbons (Fsp3) is 0.385. The van der Waals surface area contributed by atoms with Crippen LogP contribution in [-0.4, -0.2) is 40.4 Å². The van der Waals surface area contributed by atoms with E-state index in [1.807, 2.05) is 28.8 Å². The molecular formula is C13H15N3OS2. The number of pyridine rings is 1. The van der Waals surface area contributed by atoms with Crippen LogP contribution in [0, 0.1) is 0 Å². The van der Waals surface area contributed by atoms with Crippen LogP contribution in [0.1, 0.15) is 16.1 Å². The maximum Gasteiger partial charge on any atom is 0.266 e. The van der Waals surface area contributed by atoms with Crippen molar-refractivity contribution in [2.75, 3.05) is 30.3 Å². The molecule has 19 heavy (non-hydrogen) atoms. The molecule has 1 aliphatic rings. The average molecular weight is 293 g/mol. The van der Waals surface area contributed by atoms with Gasteiger partial charge in [-0.1, -0.05) is 0 Å². The van der Waals surface area contributed by atoms with Crippen molar-refractivity contribution in [3.63, 3.8) is 0 Å². The van der Waals surface area contributed by atoms with Crippen molar-refractivity contribution < 1.29 is 4.79 Å². The maximum atomic E-state index is 12.6. The van der Waals surface area contributed by atoms with E-state index < -0.39 is 0 Å². The van der Waals surface area contributed by atoms with Crippen LogP contribution in [0.4, 0.5) is 5.69 Å². The molecule has 0 radical (unpaired) electrons. The van der Waals surface area contributed by atoms with Crippen LogP contribution >= 0.6 is 23.1 Å². The Hall–Kier alpha value is -1.27. The Balaban J connectivity index is 1.94. The molecule has 4 nitrogen and oxygen atoms in total. The lowest BCUT2D eigenvalue weighted by molar-refractivity contribution is 0.0774. The monoisotopic (exact) mass is 293 g/mol. The van der Waals surface area contributed by atoms with Crippen molar-refractivity contribution in [3.05, 3.63) is 23.2 Å². The highest BCUT2D eigenvalue weighted by molar-refractivity contribution is 7.99. The van der Waals surface area contributed by atoms with E-state index in [1.165, 1.54) is 11.3 Å². The number of nitrogens with two attached hydrogens (primary N) is 1. The topological polar surface area (TPSA) is 59.2 Å². The number of rotatable bonds is 1. The molecule has 1 fully saturated rings. The van der Waals surface area contributed by atoms with Gasteiger partial charge in [0.15, 0.2) is 0 Å². The third kappa shape index (κ3) is 2.42. The number of aromatic nitrogens is 1. The Kier molecular flexibility index (Phi) is 3.61. The number of anilines is 1. The first-order valence-corrected chi connectivity index (χ1v) is 8.24. The van der Waals surface area contributed by atoms with Crippen LogP contribution in [0.5, 0.6) is 0 Å². The number of thioether (sulfide) groups is 1. The van der Waals surface area contributed by atoms with E-state index in [0.29, 0.717) is 10.6 Å². The number of thiophene rings is 1. The second-order valence-corrected chi connectivity index (χ2v) is 6.73. The lowest BCUT2D eigenvalue weighted by Crippen LogP contribution is -2.32. The van der Waals surface area contributed by atoms with Gasteiger partial charge in [-0.05, 0) is 24.3 Å². The molecule has 0 atom stereocenters. The molecule has 0 aliphatic carbocycles. The van der Waals surface area contributed by atoms with E-state index in [2.05, 4.69) is 4.98 Å². The molecule has 100 valence electrons. The summed E-state index contributed by atoms with van der Waals surface area (Å²) in [5, 5.41) is 0. The van der Waals surface area contributed by atoms with E-state index in [0.717, 1.165) is 41.2 Å². The molecule has 0 unspecified atom stereocenters. The molecule has 2 aromatic heterocycles. The van der Waals surface area contributed by atoms with Crippen LogP contribution in [-0.2, 0) is 0 Å². The highest BCUT2D eigenvalue weighted by Gasteiger charge is 2.23. The molecule has 1 saturated heterocycles. The van der Waals surface area contributed by atoms with E-state index in [4.69, 9.17) is 5.73 Å². The van der Waals surface area contributed by atoms with Crippen molar-refractivity contribution >= 4 is 44.9 Å². The number of fused-ring (bicyclic) bond motifs is 1.